The van der Waals surface area contributed by atoms with E-state index in [2.05, 4.69) is 6.92 Å². The molecule has 94 valence electrons. The summed E-state index contributed by atoms with van der Waals surface area (Å²) < 4.78 is 10.5. The van der Waals surface area contributed by atoms with E-state index in [4.69, 9.17) is 15.2 Å². The predicted molar refractivity (Wildman–Crippen MR) is 62.0 cm³/mol. The van der Waals surface area contributed by atoms with Crippen molar-refractivity contribution in [2.75, 3.05) is 19.8 Å². The number of hydrogen-bond donors (Lipinski definition) is 1. The van der Waals surface area contributed by atoms with Crippen molar-refractivity contribution >= 4 is 5.97 Å². The third kappa shape index (κ3) is 5.47. The van der Waals surface area contributed by atoms with Crippen LogP contribution in [0.2, 0.25) is 0 Å². The highest BCUT2D eigenvalue weighted by Crippen LogP contribution is 2.13. The lowest BCUT2D eigenvalue weighted by Crippen LogP contribution is -2.18. The van der Waals surface area contributed by atoms with Gasteiger partial charge in [0.05, 0.1) is 6.10 Å². The van der Waals surface area contributed by atoms with Crippen LogP contribution >= 0.6 is 0 Å². The summed E-state index contributed by atoms with van der Waals surface area (Å²) in [6.45, 7) is 4.02. The zero-order valence-corrected chi connectivity index (χ0v) is 10.1. The van der Waals surface area contributed by atoms with Crippen molar-refractivity contribution in [3.05, 3.63) is 0 Å². The van der Waals surface area contributed by atoms with Crippen LogP contribution in [0.1, 0.15) is 39.0 Å². The Hall–Kier alpha value is -0.610. The quantitative estimate of drug-likeness (QED) is 0.672. The summed E-state index contributed by atoms with van der Waals surface area (Å²) in [5.74, 6) is 0.389. The van der Waals surface area contributed by atoms with Crippen LogP contribution in [0.5, 0.6) is 0 Å². The molecule has 1 rings (SSSR count). The summed E-state index contributed by atoms with van der Waals surface area (Å²) in [7, 11) is 0. The van der Waals surface area contributed by atoms with E-state index in [9.17, 15) is 4.79 Å². The fraction of sp³-hybridized carbons (Fsp3) is 0.917. The third-order valence-corrected chi connectivity index (χ3v) is 2.95. The van der Waals surface area contributed by atoms with Crippen molar-refractivity contribution < 1.29 is 14.3 Å². The number of carbonyl (C=O) groups excluding carboxylic acids is 1. The zero-order chi connectivity index (χ0) is 11.8. The van der Waals surface area contributed by atoms with Gasteiger partial charge in [-0.15, -0.1) is 0 Å². The minimum Gasteiger partial charge on any atom is -0.463 e. The lowest BCUT2D eigenvalue weighted by Gasteiger charge is -2.12. The van der Waals surface area contributed by atoms with Crippen LogP contribution in [0.15, 0.2) is 0 Å². The average Bonchev–Trinajstić information content (AvgIpc) is 2.77. The Morgan fingerprint density at radius 2 is 2.38 bits per heavy atom. The van der Waals surface area contributed by atoms with Crippen LogP contribution in [0.25, 0.3) is 0 Å². The van der Waals surface area contributed by atoms with Crippen LogP contribution in [-0.4, -0.2) is 31.8 Å². The molecular formula is C12H23NO3. The summed E-state index contributed by atoms with van der Waals surface area (Å²) >= 11 is 0. The molecule has 4 heteroatoms. The van der Waals surface area contributed by atoms with Crippen molar-refractivity contribution in [1.82, 2.24) is 0 Å². The molecule has 1 fully saturated rings. The zero-order valence-electron chi connectivity index (χ0n) is 10.1. The molecule has 2 unspecified atom stereocenters. The van der Waals surface area contributed by atoms with E-state index in [1.165, 1.54) is 0 Å². The molecule has 0 saturated carbocycles. The first kappa shape index (κ1) is 13.5. The van der Waals surface area contributed by atoms with Gasteiger partial charge >= 0.3 is 5.97 Å². The highest BCUT2D eigenvalue weighted by Gasteiger charge is 2.17. The molecule has 1 aliphatic rings. The smallest absolute Gasteiger partial charge is 0.305 e. The monoisotopic (exact) mass is 229 g/mol. The molecule has 16 heavy (non-hydrogen) atoms. The van der Waals surface area contributed by atoms with Gasteiger partial charge in [0, 0.05) is 13.0 Å². The van der Waals surface area contributed by atoms with Crippen LogP contribution in [0.3, 0.4) is 0 Å². The fourth-order valence-electron chi connectivity index (χ4n) is 1.83. The Morgan fingerprint density at radius 1 is 1.56 bits per heavy atom. The molecule has 0 aromatic heterocycles. The molecule has 0 amide bonds. The van der Waals surface area contributed by atoms with E-state index in [0.29, 0.717) is 25.5 Å². The first-order chi connectivity index (χ1) is 7.72. The number of carbonyl (C=O) groups is 1. The second-order valence-electron chi connectivity index (χ2n) is 4.54. The van der Waals surface area contributed by atoms with Crippen molar-refractivity contribution in [2.24, 2.45) is 11.7 Å². The van der Waals surface area contributed by atoms with Crippen molar-refractivity contribution in [3.8, 4) is 0 Å². The summed E-state index contributed by atoms with van der Waals surface area (Å²) in [6.07, 6.45) is 4.55. The fourth-order valence-corrected chi connectivity index (χ4v) is 1.83. The van der Waals surface area contributed by atoms with Gasteiger partial charge in [-0.3, -0.25) is 4.79 Å². The molecule has 1 aliphatic heterocycles. The second-order valence-corrected chi connectivity index (χ2v) is 4.54. The van der Waals surface area contributed by atoms with E-state index >= 15 is 0 Å². The molecule has 0 aromatic rings. The third-order valence-electron chi connectivity index (χ3n) is 2.95. The molecular weight excluding hydrogens is 206 g/mol. The Balaban J connectivity index is 2.01. The maximum Gasteiger partial charge on any atom is 0.305 e. The van der Waals surface area contributed by atoms with E-state index in [1.807, 2.05) is 0 Å². The van der Waals surface area contributed by atoms with Crippen molar-refractivity contribution in [1.29, 1.82) is 0 Å². The summed E-state index contributed by atoms with van der Waals surface area (Å²) in [5.41, 5.74) is 5.44. The van der Waals surface area contributed by atoms with Crippen molar-refractivity contribution in [3.63, 3.8) is 0 Å². The molecule has 0 radical (unpaired) electrons. The average molecular weight is 229 g/mol. The number of esters is 1. The molecule has 2 atom stereocenters. The van der Waals surface area contributed by atoms with Gasteiger partial charge in [-0.1, -0.05) is 6.92 Å². The van der Waals surface area contributed by atoms with Gasteiger partial charge in [-0.25, -0.2) is 0 Å². The lowest BCUT2D eigenvalue weighted by molar-refractivity contribution is -0.147. The lowest BCUT2D eigenvalue weighted by atomic mass is 10.0. The van der Waals surface area contributed by atoms with E-state index in [0.717, 1.165) is 32.3 Å². The minimum atomic E-state index is -0.112. The normalized spacial score (nSPS) is 22.0. The van der Waals surface area contributed by atoms with Gasteiger partial charge in [-0.05, 0) is 38.1 Å². The predicted octanol–water partition coefficient (Wildman–Crippen LogP) is 1.47. The van der Waals surface area contributed by atoms with Crippen LogP contribution in [0, 0.1) is 5.92 Å². The molecule has 2 N–H and O–H groups in total. The second kappa shape index (κ2) is 7.63. The molecule has 0 aromatic carbocycles. The Labute approximate surface area is 97.5 Å². The summed E-state index contributed by atoms with van der Waals surface area (Å²) in [4.78, 5) is 11.4. The highest BCUT2D eigenvalue weighted by atomic mass is 16.6. The molecule has 4 nitrogen and oxygen atoms in total. The highest BCUT2D eigenvalue weighted by molar-refractivity contribution is 5.69. The van der Waals surface area contributed by atoms with Crippen LogP contribution in [-0.2, 0) is 14.3 Å². The van der Waals surface area contributed by atoms with Gasteiger partial charge in [0.2, 0.25) is 0 Å². The topological polar surface area (TPSA) is 61.6 Å². The SMILES string of the molecule is CC(CCN)CCC(=O)OCC1CCCO1. The molecule has 0 bridgehead atoms. The molecule has 1 saturated heterocycles. The van der Waals surface area contributed by atoms with E-state index < -0.39 is 0 Å². The Morgan fingerprint density at radius 3 is 3.00 bits per heavy atom. The summed E-state index contributed by atoms with van der Waals surface area (Å²) in [5, 5.41) is 0. The van der Waals surface area contributed by atoms with Crippen LogP contribution < -0.4 is 5.73 Å². The maximum atomic E-state index is 11.4. The van der Waals surface area contributed by atoms with E-state index in [1.54, 1.807) is 0 Å². The Kier molecular flexibility index (Phi) is 6.42. The number of hydrogen-bond acceptors (Lipinski definition) is 4. The van der Waals surface area contributed by atoms with Gasteiger partial charge in [-0.2, -0.15) is 0 Å². The van der Waals surface area contributed by atoms with Gasteiger partial charge in [0.1, 0.15) is 6.61 Å². The first-order valence-corrected chi connectivity index (χ1v) is 6.19. The van der Waals surface area contributed by atoms with Gasteiger partial charge in [0.15, 0.2) is 0 Å². The number of rotatable bonds is 7. The number of nitrogens with two attached hydrogens (primary N) is 1. The van der Waals surface area contributed by atoms with Crippen molar-refractivity contribution in [2.45, 2.75) is 45.1 Å². The molecule has 0 spiro atoms. The first-order valence-electron chi connectivity index (χ1n) is 6.19. The molecule has 1 heterocycles. The largest absolute Gasteiger partial charge is 0.463 e. The van der Waals surface area contributed by atoms with Gasteiger partial charge in [0.25, 0.3) is 0 Å². The number of ether oxygens (including phenoxy) is 2. The maximum absolute atomic E-state index is 11.4. The van der Waals surface area contributed by atoms with Gasteiger partial charge < -0.3 is 15.2 Å². The van der Waals surface area contributed by atoms with Crippen LogP contribution in [0.4, 0.5) is 0 Å². The Bertz CT molecular complexity index is 202. The van der Waals surface area contributed by atoms with E-state index in [-0.39, 0.29) is 12.1 Å². The minimum absolute atomic E-state index is 0.112. The standard InChI is InChI=1S/C12H23NO3/c1-10(6-7-13)4-5-12(14)16-9-11-3-2-8-15-11/h10-11H,2-9,13H2,1H3. The summed E-state index contributed by atoms with van der Waals surface area (Å²) in [6, 6.07) is 0. The molecule has 0 aliphatic carbocycles.